The summed E-state index contributed by atoms with van der Waals surface area (Å²) in [6.07, 6.45) is 2.36. The Bertz CT molecular complexity index is 1100. The van der Waals surface area contributed by atoms with Crippen molar-refractivity contribution in [1.82, 2.24) is 9.78 Å². The van der Waals surface area contributed by atoms with Gasteiger partial charge in [0.1, 0.15) is 5.82 Å². The van der Waals surface area contributed by atoms with Crippen molar-refractivity contribution in [3.63, 3.8) is 0 Å². The van der Waals surface area contributed by atoms with Crippen molar-refractivity contribution in [1.29, 1.82) is 0 Å². The number of benzene rings is 2. The summed E-state index contributed by atoms with van der Waals surface area (Å²) >= 11 is 6.12. The van der Waals surface area contributed by atoms with E-state index >= 15 is 0 Å². The first-order valence-corrected chi connectivity index (χ1v) is 9.95. The molecule has 140 valence electrons. The average Bonchev–Trinajstić information content (AvgIpc) is 3.04. The number of allylic oxidation sites excluding steroid dienone is 2. The monoisotopic (exact) mass is 389 g/mol. The Morgan fingerprint density at radius 1 is 1.07 bits per heavy atom. The quantitative estimate of drug-likeness (QED) is 0.638. The van der Waals surface area contributed by atoms with Crippen LogP contribution in [0.3, 0.4) is 0 Å². The zero-order chi connectivity index (χ0) is 19.3. The summed E-state index contributed by atoms with van der Waals surface area (Å²) in [5.74, 6) is 1.07. The van der Waals surface area contributed by atoms with Gasteiger partial charge in [0.2, 0.25) is 0 Å². The second-order valence-corrected chi connectivity index (χ2v) is 7.81. The van der Waals surface area contributed by atoms with Crippen LogP contribution in [0.5, 0.6) is 0 Å². The molecule has 1 aromatic heterocycles. The number of hydrogen-bond donors (Lipinski definition) is 1. The molecule has 0 bridgehead atoms. The maximum atomic E-state index is 12.9. The van der Waals surface area contributed by atoms with Gasteiger partial charge in [-0.2, -0.15) is 5.10 Å². The molecule has 2 aliphatic rings. The first-order valence-electron chi connectivity index (χ1n) is 9.57. The van der Waals surface area contributed by atoms with Crippen LogP contribution >= 0.6 is 11.6 Å². The number of nitrogens with one attached hydrogen (secondary N) is 1. The van der Waals surface area contributed by atoms with Crippen LogP contribution in [0, 0.1) is 6.92 Å². The van der Waals surface area contributed by atoms with Gasteiger partial charge in [-0.1, -0.05) is 41.9 Å². The van der Waals surface area contributed by atoms with Crippen molar-refractivity contribution in [3.8, 4) is 5.69 Å². The highest BCUT2D eigenvalue weighted by atomic mass is 35.5. The molecular formula is C23H20ClN3O. The molecule has 0 amide bonds. The zero-order valence-corrected chi connectivity index (χ0v) is 16.3. The van der Waals surface area contributed by atoms with Gasteiger partial charge in [0.15, 0.2) is 5.78 Å². The number of carbonyl (C=O) groups excluding carboxylic acids is 1. The molecule has 0 saturated carbocycles. The highest BCUT2D eigenvalue weighted by molar-refractivity contribution is 6.30. The largest absolute Gasteiger partial charge is 0.343 e. The molecule has 28 heavy (non-hydrogen) atoms. The Hall–Kier alpha value is -2.85. The minimum absolute atomic E-state index is 0.117. The van der Waals surface area contributed by atoms with Gasteiger partial charge in [-0.05, 0) is 49.6 Å². The molecule has 1 atom stereocenters. The molecule has 2 aromatic carbocycles. The third-order valence-corrected chi connectivity index (χ3v) is 5.87. The molecule has 5 rings (SSSR count). The Kier molecular flexibility index (Phi) is 4.09. The number of carbonyl (C=O) groups is 1. The van der Waals surface area contributed by atoms with E-state index in [9.17, 15) is 4.79 Å². The van der Waals surface area contributed by atoms with Crippen LogP contribution < -0.4 is 5.32 Å². The second kappa shape index (κ2) is 6.64. The SMILES string of the molecule is Cc1nn(-c2ccccc2)c2c1C(c1ccc(Cl)cc1)C1=C(CCCC1=O)N2. The van der Waals surface area contributed by atoms with Crippen LogP contribution in [0.15, 0.2) is 65.9 Å². The summed E-state index contributed by atoms with van der Waals surface area (Å²) in [6, 6.07) is 17.9. The predicted octanol–water partition coefficient (Wildman–Crippen LogP) is 5.40. The fourth-order valence-electron chi connectivity index (χ4n) is 4.37. The summed E-state index contributed by atoms with van der Waals surface area (Å²) in [5, 5.41) is 9.08. The van der Waals surface area contributed by atoms with Crippen LogP contribution in [0.4, 0.5) is 5.82 Å². The standard InChI is InChI=1S/C23H20ClN3O/c1-14-20-21(15-10-12-16(24)13-11-15)22-18(8-5-9-19(22)28)25-23(20)27(26-14)17-6-3-2-4-7-17/h2-4,6-7,10-13,21,25H,5,8-9H2,1H3. The summed E-state index contributed by atoms with van der Waals surface area (Å²) in [5.41, 5.74) is 5.99. The fraction of sp³-hybridized carbons (Fsp3) is 0.217. The van der Waals surface area contributed by atoms with E-state index in [0.717, 1.165) is 52.4 Å². The van der Waals surface area contributed by atoms with E-state index in [1.165, 1.54) is 0 Å². The number of hydrogen-bond acceptors (Lipinski definition) is 3. The van der Waals surface area contributed by atoms with E-state index in [4.69, 9.17) is 16.7 Å². The molecule has 0 saturated heterocycles. The van der Waals surface area contributed by atoms with Crippen LogP contribution in [0.1, 0.15) is 42.0 Å². The van der Waals surface area contributed by atoms with Gasteiger partial charge in [0.25, 0.3) is 0 Å². The van der Waals surface area contributed by atoms with Crippen LogP contribution in [-0.4, -0.2) is 15.6 Å². The minimum atomic E-state index is -0.117. The lowest BCUT2D eigenvalue weighted by atomic mass is 9.76. The molecule has 1 N–H and O–H groups in total. The first-order chi connectivity index (χ1) is 13.6. The van der Waals surface area contributed by atoms with Gasteiger partial charge < -0.3 is 5.32 Å². The number of fused-ring (bicyclic) bond motifs is 1. The molecule has 1 unspecified atom stereocenters. The van der Waals surface area contributed by atoms with Crippen molar-refractivity contribution < 1.29 is 4.79 Å². The van der Waals surface area contributed by atoms with Gasteiger partial charge in [0, 0.05) is 34.2 Å². The number of Topliss-reactive ketones (excluding diaryl/α,β-unsaturated/α-hetero) is 1. The Morgan fingerprint density at radius 3 is 2.57 bits per heavy atom. The van der Waals surface area contributed by atoms with Crippen molar-refractivity contribution in [3.05, 3.63) is 87.7 Å². The van der Waals surface area contributed by atoms with Gasteiger partial charge >= 0.3 is 0 Å². The van der Waals surface area contributed by atoms with Crippen molar-refractivity contribution in [2.24, 2.45) is 0 Å². The van der Waals surface area contributed by atoms with Crippen molar-refractivity contribution >= 4 is 23.2 Å². The second-order valence-electron chi connectivity index (χ2n) is 7.37. The molecule has 3 aromatic rings. The predicted molar refractivity (Wildman–Crippen MR) is 111 cm³/mol. The van der Waals surface area contributed by atoms with Crippen molar-refractivity contribution in [2.75, 3.05) is 5.32 Å². The smallest absolute Gasteiger partial charge is 0.161 e. The molecule has 1 aliphatic heterocycles. The lowest BCUT2D eigenvalue weighted by Crippen LogP contribution is -2.27. The van der Waals surface area contributed by atoms with E-state index in [1.807, 2.05) is 66.2 Å². The summed E-state index contributed by atoms with van der Waals surface area (Å²) in [4.78, 5) is 12.9. The molecule has 5 heteroatoms. The maximum absolute atomic E-state index is 12.9. The number of halogens is 1. The van der Waals surface area contributed by atoms with E-state index in [-0.39, 0.29) is 11.7 Å². The number of rotatable bonds is 2. The van der Waals surface area contributed by atoms with Crippen LogP contribution in [-0.2, 0) is 4.79 Å². The minimum Gasteiger partial charge on any atom is -0.343 e. The lowest BCUT2D eigenvalue weighted by molar-refractivity contribution is -0.116. The number of anilines is 1. The number of para-hydroxylation sites is 1. The molecule has 2 heterocycles. The third kappa shape index (κ3) is 2.68. The zero-order valence-electron chi connectivity index (χ0n) is 15.6. The van der Waals surface area contributed by atoms with Crippen LogP contribution in [0.25, 0.3) is 5.69 Å². The van der Waals surface area contributed by atoms with Crippen LogP contribution in [0.2, 0.25) is 5.02 Å². The van der Waals surface area contributed by atoms with E-state index < -0.39 is 0 Å². The highest BCUT2D eigenvalue weighted by Crippen LogP contribution is 2.47. The van der Waals surface area contributed by atoms with Crippen molar-refractivity contribution in [2.45, 2.75) is 32.1 Å². The van der Waals surface area contributed by atoms with Gasteiger partial charge in [-0.15, -0.1) is 0 Å². The molecule has 0 radical (unpaired) electrons. The topological polar surface area (TPSA) is 46.9 Å². The number of aryl methyl sites for hydroxylation is 1. The average molecular weight is 390 g/mol. The summed E-state index contributed by atoms with van der Waals surface area (Å²) < 4.78 is 1.95. The lowest BCUT2D eigenvalue weighted by Gasteiger charge is -2.33. The molecule has 0 fully saturated rings. The van der Waals surface area contributed by atoms with E-state index in [0.29, 0.717) is 11.4 Å². The number of ketones is 1. The van der Waals surface area contributed by atoms with E-state index in [2.05, 4.69) is 5.32 Å². The van der Waals surface area contributed by atoms with Gasteiger partial charge in [-0.3, -0.25) is 4.79 Å². The number of nitrogens with zero attached hydrogens (tertiary/aromatic N) is 2. The Labute approximate surface area is 168 Å². The number of aromatic nitrogens is 2. The summed E-state index contributed by atoms with van der Waals surface area (Å²) in [7, 11) is 0. The molecule has 4 nitrogen and oxygen atoms in total. The summed E-state index contributed by atoms with van der Waals surface area (Å²) in [6.45, 7) is 2.02. The normalized spacial score (nSPS) is 18.5. The Balaban J connectivity index is 1.75. The van der Waals surface area contributed by atoms with Gasteiger partial charge in [-0.25, -0.2) is 4.68 Å². The molecule has 0 spiro atoms. The highest BCUT2D eigenvalue weighted by Gasteiger charge is 2.38. The third-order valence-electron chi connectivity index (χ3n) is 5.61. The molecule has 1 aliphatic carbocycles. The van der Waals surface area contributed by atoms with E-state index in [1.54, 1.807) is 0 Å². The Morgan fingerprint density at radius 2 is 1.82 bits per heavy atom. The fourth-order valence-corrected chi connectivity index (χ4v) is 4.49. The first kappa shape index (κ1) is 17.3. The van der Waals surface area contributed by atoms with Gasteiger partial charge in [0.05, 0.1) is 11.4 Å². The molecular weight excluding hydrogens is 370 g/mol. The maximum Gasteiger partial charge on any atom is 0.161 e.